The second-order valence-electron chi connectivity index (χ2n) is 3.53. The fourth-order valence-electron chi connectivity index (χ4n) is 1.27. The van der Waals surface area contributed by atoms with Crippen LogP contribution in [0.3, 0.4) is 0 Å². The molecule has 0 aromatic carbocycles. The molecule has 0 aliphatic rings. The standard InChI is InChI=1S/C12H9F3N2S/c13-12(14,15)10-3-4-11(17-7-10)18-8-9-2-1-5-16-6-9/h1-7H,8H2. The largest absolute Gasteiger partial charge is 0.417 e. The number of pyridine rings is 2. The molecule has 94 valence electrons. The van der Waals surface area contributed by atoms with Gasteiger partial charge in [0.15, 0.2) is 0 Å². The Morgan fingerprint density at radius 1 is 1.11 bits per heavy atom. The molecule has 0 aliphatic carbocycles. The van der Waals surface area contributed by atoms with Crippen molar-refractivity contribution in [2.24, 2.45) is 0 Å². The Hall–Kier alpha value is -1.56. The van der Waals surface area contributed by atoms with E-state index < -0.39 is 11.7 Å². The molecule has 0 aliphatic heterocycles. The molecule has 0 N–H and O–H groups in total. The van der Waals surface area contributed by atoms with E-state index in [1.54, 1.807) is 12.4 Å². The fourth-order valence-corrected chi connectivity index (χ4v) is 2.05. The number of hydrogen-bond acceptors (Lipinski definition) is 3. The van der Waals surface area contributed by atoms with Crippen LogP contribution in [-0.4, -0.2) is 9.97 Å². The number of halogens is 3. The third-order valence-electron chi connectivity index (χ3n) is 2.17. The maximum Gasteiger partial charge on any atom is 0.417 e. The molecule has 0 amide bonds. The van der Waals surface area contributed by atoms with Gasteiger partial charge >= 0.3 is 6.18 Å². The van der Waals surface area contributed by atoms with Crippen molar-refractivity contribution in [1.82, 2.24) is 9.97 Å². The van der Waals surface area contributed by atoms with Gasteiger partial charge in [0, 0.05) is 24.3 Å². The first-order valence-corrected chi connectivity index (χ1v) is 6.09. The van der Waals surface area contributed by atoms with Crippen LogP contribution in [0.5, 0.6) is 0 Å². The van der Waals surface area contributed by atoms with E-state index >= 15 is 0 Å². The predicted octanol–water partition coefficient (Wildman–Crippen LogP) is 3.79. The zero-order valence-corrected chi connectivity index (χ0v) is 10.0. The Morgan fingerprint density at radius 2 is 1.94 bits per heavy atom. The number of aromatic nitrogens is 2. The molecule has 2 aromatic rings. The van der Waals surface area contributed by atoms with E-state index in [1.165, 1.54) is 17.8 Å². The van der Waals surface area contributed by atoms with Gasteiger partial charge in [0.25, 0.3) is 0 Å². The molecule has 2 heterocycles. The average Bonchev–Trinajstić information content (AvgIpc) is 2.37. The van der Waals surface area contributed by atoms with Crippen molar-refractivity contribution in [2.75, 3.05) is 0 Å². The maximum atomic E-state index is 12.3. The Morgan fingerprint density at radius 3 is 2.50 bits per heavy atom. The summed E-state index contributed by atoms with van der Waals surface area (Å²) in [7, 11) is 0. The zero-order chi connectivity index (χ0) is 13.0. The zero-order valence-electron chi connectivity index (χ0n) is 9.19. The Labute approximate surface area is 106 Å². The van der Waals surface area contributed by atoms with Crippen LogP contribution in [0.2, 0.25) is 0 Å². The van der Waals surface area contributed by atoms with Gasteiger partial charge in [-0.15, -0.1) is 11.8 Å². The SMILES string of the molecule is FC(F)(F)c1ccc(SCc2cccnc2)nc1. The molecule has 2 nitrogen and oxygen atoms in total. The molecule has 0 saturated heterocycles. The van der Waals surface area contributed by atoms with Gasteiger partial charge in [-0.3, -0.25) is 4.98 Å². The number of alkyl halides is 3. The minimum absolute atomic E-state index is 0.562. The Bertz CT molecular complexity index is 497. The molecule has 0 bridgehead atoms. The van der Waals surface area contributed by atoms with Crippen LogP contribution >= 0.6 is 11.8 Å². The average molecular weight is 270 g/mol. The van der Waals surface area contributed by atoms with Crippen LogP contribution in [0.1, 0.15) is 11.1 Å². The lowest BCUT2D eigenvalue weighted by Gasteiger charge is -2.06. The topological polar surface area (TPSA) is 25.8 Å². The van der Waals surface area contributed by atoms with Crippen molar-refractivity contribution in [3.8, 4) is 0 Å². The summed E-state index contributed by atoms with van der Waals surface area (Å²) < 4.78 is 36.9. The van der Waals surface area contributed by atoms with Gasteiger partial charge in [-0.25, -0.2) is 4.98 Å². The third-order valence-corrected chi connectivity index (χ3v) is 3.19. The number of nitrogens with zero attached hydrogens (tertiary/aromatic N) is 2. The lowest BCUT2D eigenvalue weighted by atomic mass is 10.3. The molecule has 0 saturated carbocycles. The smallest absolute Gasteiger partial charge is 0.264 e. The Kier molecular flexibility index (Phi) is 3.86. The van der Waals surface area contributed by atoms with Gasteiger partial charge in [0.05, 0.1) is 10.6 Å². The molecule has 6 heteroatoms. The second kappa shape index (κ2) is 5.39. The fraction of sp³-hybridized carbons (Fsp3) is 0.167. The summed E-state index contributed by atoms with van der Waals surface area (Å²) in [5.41, 5.74) is 0.275. The maximum absolute atomic E-state index is 12.3. The minimum atomic E-state index is -4.33. The highest BCUT2D eigenvalue weighted by atomic mass is 32.2. The highest BCUT2D eigenvalue weighted by molar-refractivity contribution is 7.98. The van der Waals surface area contributed by atoms with Crippen molar-refractivity contribution in [1.29, 1.82) is 0 Å². The Balaban J connectivity index is 1.99. The highest BCUT2D eigenvalue weighted by Crippen LogP contribution is 2.30. The number of thioether (sulfide) groups is 1. The van der Waals surface area contributed by atoms with E-state index in [-0.39, 0.29) is 0 Å². The monoisotopic (exact) mass is 270 g/mol. The van der Waals surface area contributed by atoms with Gasteiger partial charge in [-0.1, -0.05) is 6.07 Å². The molecule has 0 spiro atoms. The molecular formula is C12H9F3N2S. The van der Waals surface area contributed by atoms with E-state index in [0.29, 0.717) is 10.8 Å². The molecule has 18 heavy (non-hydrogen) atoms. The summed E-state index contributed by atoms with van der Waals surface area (Å²) in [5, 5.41) is 0.562. The van der Waals surface area contributed by atoms with E-state index in [4.69, 9.17) is 0 Å². The summed E-state index contributed by atoms with van der Waals surface area (Å²) in [6.45, 7) is 0. The minimum Gasteiger partial charge on any atom is -0.264 e. The van der Waals surface area contributed by atoms with Crippen molar-refractivity contribution in [2.45, 2.75) is 17.0 Å². The first kappa shape index (κ1) is 12.9. The lowest BCUT2D eigenvalue weighted by molar-refractivity contribution is -0.137. The van der Waals surface area contributed by atoms with Gasteiger partial charge in [-0.05, 0) is 23.8 Å². The summed E-state index contributed by atoms with van der Waals surface area (Å²) in [5.74, 6) is 0.631. The van der Waals surface area contributed by atoms with E-state index in [1.807, 2.05) is 12.1 Å². The molecule has 0 radical (unpaired) electrons. The van der Waals surface area contributed by atoms with Crippen molar-refractivity contribution >= 4 is 11.8 Å². The first-order valence-electron chi connectivity index (χ1n) is 5.10. The van der Waals surface area contributed by atoms with Crippen LogP contribution in [0.25, 0.3) is 0 Å². The molecule has 2 rings (SSSR count). The van der Waals surface area contributed by atoms with E-state index in [9.17, 15) is 13.2 Å². The van der Waals surface area contributed by atoms with Gasteiger partial charge in [0.2, 0.25) is 0 Å². The van der Waals surface area contributed by atoms with Crippen LogP contribution in [0.15, 0.2) is 47.9 Å². The second-order valence-corrected chi connectivity index (χ2v) is 4.53. The molecule has 0 unspecified atom stereocenters. The van der Waals surface area contributed by atoms with Crippen molar-refractivity contribution < 1.29 is 13.2 Å². The van der Waals surface area contributed by atoms with Gasteiger partial charge in [-0.2, -0.15) is 13.2 Å². The molecule has 0 atom stereocenters. The van der Waals surface area contributed by atoms with Crippen LogP contribution in [0, 0.1) is 0 Å². The van der Waals surface area contributed by atoms with Gasteiger partial charge in [0.1, 0.15) is 0 Å². The predicted molar refractivity (Wildman–Crippen MR) is 63.0 cm³/mol. The molecule has 0 fully saturated rings. The molecular weight excluding hydrogens is 261 g/mol. The van der Waals surface area contributed by atoms with E-state index in [0.717, 1.165) is 17.8 Å². The third kappa shape index (κ3) is 3.46. The highest BCUT2D eigenvalue weighted by Gasteiger charge is 2.30. The van der Waals surface area contributed by atoms with Crippen LogP contribution in [0.4, 0.5) is 13.2 Å². The van der Waals surface area contributed by atoms with Crippen molar-refractivity contribution in [3.63, 3.8) is 0 Å². The first-order chi connectivity index (χ1) is 8.55. The number of hydrogen-bond donors (Lipinski definition) is 0. The van der Waals surface area contributed by atoms with E-state index in [2.05, 4.69) is 9.97 Å². The lowest BCUT2D eigenvalue weighted by Crippen LogP contribution is -2.05. The molecule has 2 aromatic heterocycles. The van der Waals surface area contributed by atoms with Crippen LogP contribution in [-0.2, 0) is 11.9 Å². The summed E-state index contributed by atoms with van der Waals surface area (Å²) >= 11 is 1.37. The number of rotatable bonds is 3. The van der Waals surface area contributed by atoms with Gasteiger partial charge < -0.3 is 0 Å². The summed E-state index contributed by atoms with van der Waals surface area (Å²) in [4.78, 5) is 7.74. The summed E-state index contributed by atoms with van der Waals surface area (Å²) in [6, 6.07) is 6.14. The van der Waals surface area contributed by atoms with Crippen molar-refractivity contribution in [3.05, 3.63) is 54.0 Å². The quantitative estimate of drug-likeness (QED) is 0.794. The van der Waals surface area contributed by atoms with Crippen LogP contribution < -0.4 is 0 Å². The normalized spacial score (nSPS) is 11.5. The summed E-state index contributed by atoms with van der Waals surface area (Å²) in [6.07, 6.45) is -0.0905.